The molecule has 0 unspecified atom stereocenters. The summed E-state index contributed by atoms with van der Waals surface area (Å²) in [7, 11) is 0. The van der Waals surface area contributed by atoms with Gasteiger partial charge in [-0.3, -0.25) is 14.2 Å². The van der Waals surface area contributed by atoms with Crippen LogP contribution in [0.4, 0.5) is 0 Å². The van der Waals surface area contributed by atoms with E-state index >= 15 is 0 Å². The quantitative estimate of drug-likeness (QED) is 0.694. The average molecular weight is 290 g/mol. The van der Waals surface area contributed by atoms with E-state index in [0.717, 1.165) is 0 Å². The molecule has 0 saturated carbocycles. The number of Topliss-reactive ketones (excluding diaryl/α,β-unsaturated/α-hetero) is 1. The highest BCUT2D eigenvalue weighted by Gasteiger charge is 2.10. The number of benzene rings is 1. The summed E-state index contributed by atoms with van der Waals surface area (Å²) in [5.41, 5.74) is 0.237. The third kappa shape index (κ3) is 2.70. The van der Waals surface area contributed by atoms with Gasteiger partial charge in [-0.15, -0.1) is 0 Å². The van der Waals surface area contributed by atoms with Gasteiger partial charge in [-0.1, -0.05) is 0 Å². The maximum Gasteiger partial charge on any atom is 0.269 e. The SMILES string of the molecule is CCOc1ccc(-n2c(=S)[nH]cc(C(C)=O)c2=O)cc1. The number of ketones is 1. The maximum atomic E-state index is 12.3. The van der Waals surface area contributed by atoms with Crippen molar-refractivity contribution in [3.05, 3.63) is 51.2 Å². The minimum absolute atomic E-state index is 0.0764. The zero-order valence-electron chi connectivity index (χ0n) is 11.2. The first-order valence-electron chi connectivity index (χ1n) is 6.13. The molecule has 0 radical (unpaired) electrons. The number of aromatic amines is 1. The van der Waals surface area contributed by atoms with Crippen LogP contribution in [0.15, 0.2) is 35.3 Å². The van der Waals surface area contributed by atoms with Crippen LogP contribution in [0.5, 0.6) is 5.75 Å². The first kappa shape index (κ1) is 14.2. The molecule has 2 aromatic rings. The summed E-state index contributed by atoms with van der Waals surface area (Å²) in [5.74, 6) is 0.405. The normalized spacial score (nSPS) is 10.3. The monoisotopic (exact) mass is 290 g/mol. The molecule has 0 saturated heterocycles. The van der Waals surface area contributed by atoms with Crippen molar-refractivity contribution in [1.29, 1.82) is 0 Å². The number of nitrogens with zero attached hydrogens (tertiary/aromatic N) is 1. The lowest BCUT2D eigenvalue weighted by atomic mass is 10.2. The van der Waals surface area contributed by atoms with Crippen LogP contribution in [0.2, 0.25) is 0 Å². The van der Waals surface area contributed by atoms with Crippen molar-refractivity contribution < 1.29 is 9.53 Å². The molecule has 0 fully saturated rings. The van der Waals surface area contributed by atoms with Crippen molar-refractivity contribution in [2.24, 2.45) is 0 Å². The van der Waals surface area contributed by atoms with Gasteiger partial charge < -0.3 is 9.72 Å². The standard InChI is InChI=1S/C14H14N2O3S/c1-3-19-11-6-4-10(5-7-11)16-13(18)12(9(2)17)8-15-14(16)20/h4-8H,3H2,1-2H3,(H,15,20). The molecule has 20 heavy (non-hydrogen) atoms. The van der Waals surface area contributed by atoms with Crippen LogP contribution in [-0.4, -0.2) is 21.9 Å². The maximum absolute atomic E-state index is 12.3. The Bertz CT molecular complexity index is 744. The molecule has 0 aliphatic rings. The van der Waals surface area contributed by atoms with Crippen LogP contribution >= 0.6 is 12.2 Å². The molecule has 6 heteroatoms. The third-order valence-electron chi connectivity index (χ3n) is 2.76. The highest BCUT2D eigenvalue weighted by molar-refractivity contribution is 7.71. The predicted octanol–water partition coefficient (Wildman–Crippen LogP) is 2.50. The lowest BCUT2D eigenvalue weighted by molar-refractivity contribution is 0.101. The summed E-state index contributed by atoms with van der Waals surface area (Å²) < 4.78 is 6.88. The Morgan fingerprint density at radius 1 is 1.35 bits per heavy atom. The molecule has 5 nitrogen and oxygen atoms in total. The minimum Gasteiger partial charge on any atom is -0.494 e. The first-order chi connectivity index (χ1) is 9.54. The van der Waals surface area contributed by atoms with Crippen molar-refractivity contribution in [2.75, 3.05) is 6.61 Å². The molecule has 1 heterocycles. The molecule has 2 rings (SSSR count). The van der Waals surface area contributed by atoms with Gasteiger partial charge in [0.2, 0.25) is 0 Å². The molecular formula is C14H14N2O3S. The van der Waals surface area contributed by atoms with E-state index in [1.165, 1.54) is 17.7 Å². The Hall–Kier alpha value is -2.21. The van der Waals surface area contributed by atoms with Crippen molar-refractivity contribution >= 4 is 18.0 Å². The molecule has 1 N–H and O–H groups in total. The Labute approximate surface area is 120 Å². The van der Waals surface area contributed by atoms with E-state index in [4.69, 9.17) is 17.0 Å². The van der Waals surface area contributed by atoms with Gasteiger partial charge in [0.1, 0.15) is 5.75 Å². The van der Waals surface area contributed by atoms with E-state index in [9.17, 15) is 9.59 Å². The van der Waals surface area contributed by atoms with Gasteiger partial charge in [0.05, 0.1) is 17.9 Å². The molecule has 0 bridgehead atoms. The van der Waals surface area contributed by atoms with Gasteiger partial charge in [-0.05, 0) is 50.3 Å². The van der Waals surface area contributed by atoms with Crippen molar-refractivity contribution in [3.63, 3.8) is 0 Å². The number of aromatic nitrogens is 2. The second kappa shape index (κ2) is 5.83. The average Bonchev–Trinajstić information content (AvgIpc) is 2.40. The lowest BCUT2D eigenvalue weighted by Crippen LogP contribution is -2.25. The van der Waals surface area contributed by atoms with E-state index in [0.29, 0.717) is 18.0 Å². The van der Waals surface area contributed by atoms with Crippen LogP contribution in [0.3, 0.4) is 0 Å². The molecule has 104 valence electrons. The first-order valence-corrected chi connectivity index (χ1v) is 6.54. The molecule has 0 aliphatic heterocycles. The number of rotatable bonds is 4. The van der Waals surface area contributed by atoms with Gasteiger partial charge in [-0.25, -0.2) is 0 Å². The van der Waals surface area contributed by atoms with Gasteiger partial charge in [0.25, 0.3) is 5.56 Å². The molecule has 0 aliphatic carbocycles. The fourth-order valence-corrected chi connectivity index (χ4v) is 2.06. The van der Waals surface area contributed by atoms with E-state index < -0.39 is 5.56 Å². The van der Waals surface area contributed by atoms with E-state index in [2.05, 4.69) is 4.98 Å². The second-order valence-corrected chi connectivity index (χ2v) is 4.52. The largest absolute Gasteiger partial charge is 0.494 e. The topological polar surface area (TPSA) is 64.1 Å². The number of H-pyrrole nitrogens is 1. The molecule has 0 atom stereocenters. The van der Waals surface area contributed by atoms with Gasteiger partial charge >= 0.3 is 0 Å². The van der Waals surface area contributed by atoms with Crippen LogP contribution in [0.25, 0.3) is 5.69 Å². The Morgan fingerprint density at radius 3 is 2.55 bits per heavy atom. The summed E-state index contributed by atoms with van der Waals surface area (Å²) >= 11 is 5.12. The molecule has 0 amide bonds. The fraction of sp³-hybridized carbons (Fsp3) is 0.214. The third-order valence-corrected chi connectivity index (χ3v) is 3.06. The summed E-state index contributed by atoms with van der Waals surface area (Å²) in [6.45, 7) is 3.81. The Balaban J connectivity index is 2.57. The second-order valence-electron chi connectivity index (χ2n) is 4.13. The summed E-state index contributed by atoms with van der Waals surface area (Å²) in [6.07, 6.45) is 1.35. The number of hydrogen-bond acceptors (Lipinski definition) is 4. The number of ether oxygens (including phenoxy) is 1. The van der Waals surface area contributed by atoms with Crippen LogP contribution in [-0.2, 0) is 0 Å². The zero-order valence-corrected chi connectivity index (χ0v) is 12.0. The van der Waals surface area contributed by atoms with Gasteiger partial charge in [-0.2, -0.15) is 0 Å². The van der Waals surface area contributed by atoms with E-state index in [1.54, 1.807) is 24.3 Å². The van der Waals surface area contributed by atoms with Gasteiger partial charge in [0, 0.05) is 6.20 Å². The van der Waals surface area contributed by atoms with Gasteiger partial charge in [0.15, 0.2) is 10.6 Å². The predicted molar refractivity (Wildman–Crippen MR) is 78.4 cm³/mol. The van der Waals surface area contributed by atoms with Crippen LogP contribution in [0.1, 0.15) is 24.2 Å². The molecule has 1 aromatic carbocycles. The van der Waals surface area contributed by atoms with Crippen LogP contribution < -0.4 is 10.3 Å². The molecular weight excluding hydrogens is 276 g/mol. The Kier molecular flexibility index (Phi) is 4.14. The summed E-state index contributed by atoms with van der Waals surface area (Å²) in [5, 5.41) is 0. The number of nitrogens with one attached hydrogen (secondary N) is 1. The Morgan fingerprint density at radius 2 is 2.00 bits per heavy atom. The molecule has 1 aromatic heterocycles. The fourth-order valence-electron chi connectivity index (χ4n) is 1.82. The highest BCUT2D eigenvalue weighted by atomic mass is 32.1. The minimum atomic E-state index is -0.426. The summed E-state index contributed by atoms with van der Waals surface area (Å²) in [6, 6.07) is 6.95. The van der Waals surface area contributed by atoms with E-state index in [-0.39, 0.29) is 16.1 Å². The van der Waals surface area contributed by atoms with Crippen molar-refractivity contribution in [2.45, 2.75) is 13.8 Å². The van der Waals surface area contributed by atoms with Crippen molar-refractivity contribution in [1.82, 2.24) is 9.55 Å². The van der Waals surface area contributed by atoms with Crippen LogP contribution in [0, 0.1) is 4.77 Å². The summed E-state index contributed by atoms with van der Waals surface area (Å²) in [4.78, 5) is 26.4. The number of hydrogen-bond donors (Lipinski definition) is 1. The number of carbonyl (C=O) groups is 1. The number of carbonyl (C=O) groups excluding carboxylic acids is 1. The molecule has 0 spiro atoms. The lowest BCUT2D eigenvalue weighted by Gasteiger charge is -2.08. The zero-order chi connectivity index (χ0) is 14.7. The highest BCUT2D eigenvalue weighted by Crippen LogP contribution is 2.14. The smallest absolute Gasteiger partial charge is 0.269 e. The van der Waals surface area contributed by atoms with E-state index in [1.807, 2.05) is 6.92 Å². The van der Waals surface area contributed by atoms with Crippen molar-refractivity contribution in [3.8, 4) is 11.4 Å².